The van der Waals surface area contributed by atoms with Crippen molar-refractivity contribution in [1.29, 1.82) is 0 Å². The van der Waals surface area contributed by atoms with Crippen LogP contribution in [0.4, 0.5) is 0 Å². The van der Waals surface area contributed by atoms with Crippen LogP contribution in [0.3, 0.4) is 0 Å². The molecule has 1 N–H and O–H groups in total. The molecule has 2 saturated heterocycles. The molecule has 2 aliphatic rings. The Morgan fingerprint density at radius 2 is 2.21 bits per heavy atom. The topological polar surface area (TPSA) is 32.3 Å². The van der Waals surface area contributed by atoms with Crippen LogP contribution in [0.15, 0.2) is 0 Å². The number of nitrogens with one attached hydrogen (secondary N) is 1. The Morgan fingerprint density at radius 3 is 2.79 bits per heavy atom. The highest BCUT2D eigenvalue weighted by Gasteiger charge is 2.45. The highest BCUT2D eigenvalue weighted by molar-refractivity contribution is 5.85. The molecule has 0 aromatic rings. The molecule has 0 bridgehead atoms. The van der Waals surface area contributed by atoms with Crippen molar-refractivity contribution in [2.24, 2.45) is 5.41 Å². The minimum absolute atomic E-state index is 0.0392. The average molecular weight is 196 g/mol. The Bertz CT molecular complexity index is 239. The maximum Gasteiger partial charge on any atom is 0.227 e. The van der Waals surface area contributed by atoms with E-state index in [0.29, 0.717) is 11.9 Å². The van der Waals surface area contributed by atoms with Crippen LogP contribution in [-0.2, 0) is 4.79 Å². The van der Waals surface area contributed by atoms with Crippen LogP contribution >= 0.6 is 0 Å². The minimum Gasteiger partial charge on any atom is -0.356 e. The van der Waals surface area contributed by atoms with E-state index in [4.69, 9.17) is 0 Å². The fourth-order valence-electron chi connectivity index (χ4n) is 2.71. The van der Waals surface area contributed by atoms with Gasteiger partial charge < -0.3 is 5.32 Å². The first-order valence-corrected chi connectivity index (χ1v) is 5.66. The summed E-state index contributed by atoms with van der Waals surface area (Å²) in [6, 6.07) is 0.570. The molecule has 2 rings (SSSR count). The van der Waals surface area contributed by atoms with Crippen LogP contribution in [0.1, 0.15) is 33.1 Å². The molecular formula is C11H20N2O. The number of carbonyl (C=O) groups is 1. The minimum atomic E-state index is -0.0392. The van der Waals surface area contributed by atoms with Crippen molar-refractivity contribution in [3.05, 3.63) is 0 Å². The summed E-state index contributed by atoms with van der Waals surface area (Å²) in [6.07, 6.45) is 3.29. The third-order valence-electron chi connectivity index (χ3n) is 3.71. The van der Waals surface area contributed by atoms with Crippen molar-refractivity contribution in [2.45, 2.75) is 39.2 Å². The van der Waals surface area contributed by atoms with Gasteiger partial charge >= 0.3 is 0 Å². The molecule has 0 saturated carbocycles. The lowest BCUT2D eigenvalue weighted by Crippen LogP contribution is -2.49. The van der Waals surface area contributed by atoms with Gasteiger partial charge in [0.15, 0.2) is 0 Å². The average Bonchev–Trinajstić information content (AvgIpc) is 2.48. The van der Waals surface area contributed by atoms with E-state index < -0.39 is 0 Å². The van der Waals surface area contributed by atoms with Crippen LogP contribution in [-0.4, -0.2) is 36.5 Å². The third-order valence-corrected chi connectivity index (χ3v) is 3.71. The van der Waals surface area contributed by atoms with Crippen LogP contribution in [0.2, 0.25) is 0 Å². The molecular weight excluding hydrogens is 176 g/mol. The predicted octanol–water partition coefficient (Wildman–Crippen LogP) is 0.997. The summed E-state index contributed by atoms with van der Waals surface area (Å²) in [7, 11) is 0. The van der Waals surface area contributed by atoms with Crippen molar-refractivity contribution in [2.75, 3.05) is 19.6 Å². The summed E-state index contributed by atoms with van der Waals surface area (Å²) in [5.41, 5.74) is -0.0392. The number of amides is 1. The summed E-state index contributed by atoms with van der Waals surface area (Å²) in [6.45, 7) is 7.44. The quantitative estimate of drug-likeness (QED) is 0.678. The zero-order chi connectivity index (χ0) is 10.2. The van der Waals surface area contributed by atoms with Crippen LogP contribution in [0.25, 0.3) is 0 Å². The van der Waals surface area contributed by atoms with Crippen molar-refractivity contribution >= 4 is 5.91 Å². The largest absolute Gasteiger partial charge is 0.356 e. The van der Waals surface area contributed by atoms with Gasteiger partial charge in [-0.05, 0) is 39.7 Å². The van der Waals surface area contributed by atoms with Crippen molar-refractivity contribution in [3.63, 3.8) is 0 Å². The van der Waals surface area contributed by atoms with Crippen molar-refractivity contribution in [1.82, 2.24) is 10.2 Å². The first-order chi connectivity index (χ1) is 6.64. The normalized spacial score (nSPS) is 34.1. The third kappa shape index (κ3) is 1.54. The summed E-state index contributed by atoms with van der Waals surface area (Å²) in [4.78, 5) is 14.2. The van der Waals surface area contributed by atoms with E-state index in [0.717, 1.165) is 32.5 Å². The van der Waals surface area contributed by atoms with E-state index in [1.807, 2.05) is 0 Å². The van der Waals surface area contributed by atoms with E-state index in [1.165, 1.54) is 6.42 Å². The zero-order valence-corrected chi connectivity index (χ0v) is 9.18. The molecule has 3 heteroatoms. The maximum atomic E-state index is 11.8. The molecule has 0 aromatic heterocycles. The van der Waals surface area contributed by atoms with E-state index in [1.54, 1.807) is 0 Å². The molecule has 2 fully saturated rings. The monoisotopic (exact) mass is 196 g/mol. The zero-order valence-electron chi connectivity index (χ0n) is 9.18. The fourth-order valence-corrected chi connectivity index (χ4v) is 2.71. The van der Waals surface area contributed by atoms with Gasteiger partial charge in [-0.2, -0.15) is 0 Å². The molecule has 2 aliphatic heterocycles. The van der Waals surface area contributed by atoms with Gasteiger partial charge in [0, 0.05) is 19.1 Å². The van der Waals surface area contributed by atoms with Gasteiger partial charge in [0.1, 0.15) is 0 Å². The Kier molecular flexibility index (Phi) is 2.52. The molecule has 0 aliphatic carbocycles. The van der Waals surface area contributed by atoms with Gasteiger partial charge in [-0.1, -0.05) is 0 Å². The molecule has 14 heavy (non-hydrogen) atoms. The smallest absolute Gasteiger partial charge is 0.227 e. The molecule has 3 nitrogen and oxygen atoms in total. The summed E-state index contributed by atoms with van der Waals surface area (Å²) >= 11 is 0. The van der Waals surface area contributed by atoms with Gasteiger partial charge in [-0.15, -0.1) is 0 Å². The number of piperidine rings is 1. The van der Waals surface area contributed by atoms with Gasteiger partial charge in [0.25, 0.3) is 0 Å². The summed E-state index contributed by atoms with van der Waals surface area (Å²) in [5.74, 6) is 0.294. The number of hydrogen-bond acceptors (Lipinski definition) is 2. The molecule has 80 valence electrons. The van der Waals surface area contributed by atoms with Gasteiger partial charge in [0.2, 0.25) is 5.91 Å². The molecule has 1 atom stereocenters. The van der Waals surface area contributed by atoms with E-state index >= 15 is 0 Å². The van der Waals surface area contributed by atoms with Crippen LogP contribution in [0, 0.1) is 5.41 Å². The highest BCUT2D eigenvalue weighted by atomic mass is 16.2. The molecule has 0 radical (unpaired) electrons. The Labute approximate surface area is 85.8 Å². The van der Waals surface area contributed by atoms with E-state index in [-0.39, 0.29) is 5.41 Å². The number of likely N-dealkylation sites (tertiary alicyclic amines) is 1. The lowest BCUT2D eigenvalue weighted by molar-refractivity contribution is -0.130. The standard InChI is InChI=1S/C11H20N2O/c1-9(2)13-7-3-4-11(8-13)5-6-12-10(11)14/h9H,3-8H2,1-2H3,(H,12,14)/t11-/m0/s1. The molecule has 1 spiro atoms. The first-order valence-electron chi connectivity index (χ1n) is 5.66. The highest BCUT2D eigenvalue weighted by Crippen LogP contribution is 2.36. The first kappa shape index (κ1) is 9.97. The summed E-state index contributed by atoms with van der Waals surface area (Å²) in [5, 5.41) is 2.97. The Morgan fingerprint density at radius 1 is 1.43 bits per heavy atom. The second-order valence-electron chi connectivity index (χ2n) is 4.95. The lowest BCUT2D eigenvalue weighted by atomic mass is 9.78. The number of rotatable bonds is 1. The lowest BCUT2D eigenvalue weighted by Gasteiger charge is -2.40. The van der Waals surface area contributed by atoms with Crippen LogP contribution in [0.5, 0.6) is 0 Å². The predicted molar refractivity (Wildman–Crippen MR) is 56.0 cm³/mol. The van der Waals surface area contributed by atoms with Gasteiger partial charge in [-0.3, -0.25) is 9.69 Å². The Hall–Kier alpha value is -0.570. The Balaban J connectivity index is 2.09. The van der Waals surface area contributed by atoms with Crippen molar-refractivity contribution in [3.8, 4) is 0 Å². The summed E-state index contributed by atoms with van der Waals surface area (Å²) < 4.78 is 0. The number of hydrogen-bond donors (Lipinski definition) is 1. The number of carbonyl (C=O) groups excluding carboxylic acids is 1. The molecule has 2 heterocycles. The van der Waals surface area contributed by atoms with E-state index in [2.05, 4.69) is 24.1 Å². The van der Waals surface area contributed by atoms with Crippen molar-refractivity contribution < 1.29 is 4.79 Å². The molecule has 0 unspecified atom stereocenters. The fraction of sp³-hybridized carbons (Fsp3) is 0.909. The van der Waals surface area contributed by atoms with Gasteiger partial charge in [0.05, 0.1) is 5.41 Å². The SMILES string of the molecule is CC(C)N1CCC[C@]2(CCNC2=O)C1. The maximum absolute atomic E-state index is 11.8. The molecule has 1 amide bonds. The van der Waals surface area contributed by atoms with E-state index in [9.17, 15) is 4.79 Å². The number of nitrogens with zero attached hydrogens (tertiary/aromatic N) is 1. The second kappa shape index (κ2) is 3.54. The van der Waals surface area contributed by atoms with Gasteiger partial charge in [-0.25, -0.2) is 0 Å². The second-order valence-corrected chi connectivity index (χ2v) is 4.95. The molecule has 0 aromatic carbocycles. The van der Waals surface area contributed by atoms with Crippen LogP contribution < -0.4 is 5.32 Å².